The molecule has 0 aliphatic carbocycles. The van der Waals surface area contributed by atoms with Gasteiger partial charge in [0.25, 0.3) is 5.91 Å². The van der Waals surface area contributed by atoms with E-state index in [4.69, 9.17) is 33.1 Å². The second-order valence-corrected chi connectivity index (χ2v) is 6.07. The predicted molar refractivity (Wildman–Crippen MR) is 97.4 cm³/mol. The summed E-state index contributed by atoms with van der Waals surface area (Å²) in [5.74, 6) is -0.231. The molecule has 0 unspecified atom stereocenters. The average molecular weight is 374 g/mol. The van der Waals surface area contributed by atoms with Crippen molar-refractivity contribution in [2.75, 3.05) is 0 Å². The Morgan fingerprint density at radius 3 is 2.36 bits per heavy atom. The van der Waals surface area contributed by atoms with Crippen LogP contribution < -0.4 is 5.32 Å². The van der Waals surface area contributed by atoms with Crippen LogP contribution in [0.25, 0.3) is 11.3 Å². The lowest BCUT2D eigenvalue weighted by atomic mass is 10.1. The number of hydrogen-bond donors (Lipinski definition) is 2. The molecule has 0 aliphatic heterocycles. The number of nitrogens with zero attached hydrogens (tertiary/aromatic N) is 1. The SMILES string of the molecule is Cc1onc(-c2c(Cl)cccc2Cl)c1C(=O)NC(=N)c1ccccc1. The number of halogens is 2. The molecule has 0 radical (unpaired) electrons. The van der Waals surface area contributed by atoms with Crippen LogP contribution in [-0.4, -0.2) is 16.9 Å². The fraction of sp³-hybridized carbons (Fsp3) is 0.0556. The Kier molecular flexibility index (Phi) is 4.88. The van der Waals surface area contributed by atoms with Crippen molar-refractivity contribution in [1.82, 2.24) is 10.5 Å². The summed E-state index contributed by atoms with van der Waals surface area (Å²) in [7, 11) is 0. The summed E-state index contributed by atoms with van der Waals surface area (Å²) in [6, 6.07) is 13.9. The molecule has 7 heteroatoms. The van der Waals surface area contributed by atoms with Gasteiger partial charge in [-0.25, -0.2) is 0 Å². The van der Waals surface area contributed by atoms with Gasteiger partial charge >= 0.3 is 0 Å². The molecule has 1 amide bonds. The zero-order valence-corrected chi connectivity index (χ0v) is 14.7. The van der Waals surface area contributed by atoms with E-state index < -0.39 is 5.91 Å². The molecule has 3 aromatic rings. The largest absolute Gasteiger partial charge is 0.360 e. The Morgan fingerprint density at radius 1 is 1.08 bits per heavy atom. The van der Waals surface area contributed by atoms with Crippen LogP contribution in [0.5, 0.6) is 0 Å². The minimum absolute atomic E-state index is 0.0256. The molecule has 0 saturated heterocycles. The molecule has 5 nitrogen and oxygen atoms in total. The second kappa shape index (κ2) is 7.09. The van der Waals surface area contributed by atoms with Crippen LogP contribution in [0.15, 0.2) is 53.1 Å². The molecule has 0 aliphatic rings. The van der Waals surface area contributed by atoms with Gasteiger partial charge < -0.3 is 9.84 Å². The second-order valence-electron chi connectivity index (χ2n) is 5.25. The first-order chi connectivity index (χ1) is 12.0. The molecule has 3 rings (SSSR count). The van der Waals surface area contributed by atoms with E-state index in [1.54, 1.807) is 49.4 Å². The molecule has 1 aromatic heterocycles. The van der Waals surface area contributed by atoms with E-state index in [0.29, 0.717) is 26.9 Å². The Hall–Kier alpha value is -2.63. The molecule has 0 bridgehead atoms. The van der Waals surface area contributed by atoms with Crippen molar-refractivity contribution in [3.8, 4) is 11.3 Å². The van der Waals surface area contributed by atoms with Crippen LogP contribution in [0.2, 0.25) is 10.0 Å². The molecule has 25 heavy (non-hydrogen) atoms. The summed E-state index contributed by atoms with van der Waals surface area (Å²) in [6.45, 7) is 1.61. The molecule has 0 fully saturated rings. The average Bonchev–Trinajstić information content (AvgIpc) is 2.97. The first-order valence-corrected chi connectivity index (χ1v) is 8.10. The Labute approximate surface area is 154 Å². The Balaban J connectivity index is 1.97. The highest BCUT2D eigenvalue weighted by molar-refractivity contribution is 6.39. The minimum atomic E-state index is -0.515. The lowest BCUT2D eigenvalue weighted by Crippen LogP contribution is -2.31. The van der Waals surface area contributed by atoms with E-state index in [2.05, 4.69) is 10.5 Å². The summed E-state index contributed by atoms with van der Waals surface area (Å²) in [5.41, 5.74) is 1.43. The zero-order valence-electron chi connectivity index (χ0n) is 13.1. The summed E-state index contributed by atoms with van der Waals surface area (Å²) in [5, 5.41) is 15.2. The van der Waals surface area contributed by atoms with Crippen LogP contribution in [0.1, 0.15) is 21.7 Å². The van der Waals surface area contributed by atoms with Crippen molar-refractivity contribution in [2.24, 2.45) is 0 Å². The van der Waals surface area contributed by atoms with E-state index in [1.165, 1.54) is 0 Å². The van der Waals surface area contributed by atoms with Gasteiger partial charge in [-0.2, -0.15) is 0 Å². The van der Waals surface area contributed by atoms with Crippen molar-refractivity contribution in [2.45, 2.75) is 6.92 Å². The highest BCUT2D eigenvalue weighted by atomic mass is 35.5. The topological polar surface area (TPSA) is 79.0 Å². The zero-order chi connectivity index (χ0) is 18.0. The van der Waals surface area contributed by atoms with E-state index in [-0.39, 0.29) is 17.1 Å². The summed E-state index contributed by atoms with van der Waals surface area (Å²) in [6.07, 6.45) is 0. The lowest BCUT2D eigenvalue weighted by molar-refractivity contribution is 0.0976. The monoisotopic (exact) mass is 373 g/mol. The number of rotatable bonds is 3. The number of amides is 1. The summed E-state index contributed by atoms with van der Waals surface area (Å²) in [4.78, 5) is 12.7. The van der Waals surface area contributed by atoms with Crippen LogP contribution >= 0.6 is 23.2 Å². The number of aryl methyl sites for hydroxylation is 1. The van der Waals surface area contributed by atoms with Crippen molar-refractivity contribution in [3.05, 3.63) is 75.5 Å². The fourth-order valence-electron chi connectivity index (χ4n) is 2.39. The van der Waals surface area contributed by atoms with E-state index >= 15 is 0 Å². The van der Waals surface area contributed by atoms with Gasteiger partial charge in [0.1, 0.15) is 22.9 Å². The first-order valence-electron chi connectivity index (χ1n) is 7.35. The van der Waals surface area contributed by atoms with Crippen molar-refractivity contribution in [1.29, 1.82) is 5.41 Å². The van der Waals surface area contributed by atoms with Crippen LogP contribution in [-0.2, 0) is 0 Å². The van der Waals surface area contributed by atoms with Crippen LogP contribution in [0.3, 0.4) is 0 Å². The van der Waals surface area contributed by atoms with E-state index in [1.807, 2.05) is 6.07 Å². The number of aromatic nitrogens is 1. The number of hydrogen-bond acceptors (Lipinski definition) is 4. The van der Waals surface area contributed by atoms with E-state index in [9.17, 15) is 4.79 Å². The maximum Gasteiger partial charge on any atom is 0.262 e. The van der Waals surface area contributed by atoms with Gasteiger partial charge in [-0.1, -0.05) is 64.8 Å². The molecule has 0 atom stereocenters. The molecular formula is C18H13Cl2N3O2. The number of amidine groups is 1. The smallest absolute Gasteiger partial charge is 0.262 e. The minimum Gasteiger partial charge on any atom is -0.360 e. The summed E-state index contributed by atoms with van der Waals surface area (Å²) < 4.78 is 5.17. The summed E-state index contributed by atoms with van der Waals surface area (Å²) >= 11 is 12.4. The molecule has 0 saturated carbocycles. The van der Waals surface area contributed by atoms with Gasteiger partial charge in [-0.05, 0) is 19.1 Å². The Morgan fingerprint density at radius 2 is 1.72 bits per heavy atom. The standard InChI is InChI=1S/C18H13Cl2N3O2/c1-10-14(18(24)22-17(21)11-6-3-2-4-7-11)16(23-25-10)15-12(19)8-5-9-13(15)20/h2-9H,1H3,(H2,21,22,24). The lowest BCUT2D eigenvalue weighted by Gasteiger charge is -2.09. The third-order valence-electron chi connectivity index (χ3n) is 3.59. The third kappa shape index (κ3) is 3.43. The van der Waals surface area contributed by atoms with Gasteiger partial charge in [0.15, 0.2) is 0 Å². The number of carbonyl (C=O) groups is 1. The number of carbonyl (C=O) groups excluding carboxylic acids is 1. The van der Waals surface area contributed by atoms with Crippen molar-refractivity contribution in [3.63, 3.8) is 0 Å². The molecule has 126 valence electrons. The third-order valence-corrected chi connectivity index (χ3v) is 4.22. The maximum atomic E-state index is 12.7. The van der Waals surface area contributed by atoms with Crippen molar-refractivity contribution >= 4 is 34.9 Å². The molecule has 2 aromatic carbocycles. The molecular weight excluding hydrogens is 361 g/mol. The number of benzene rings is 2. The first kappa shape index (κ1) is 17.2. The molecule has 0 spiro atoms. The Bertz CT molecular complexity index is 932. The van der Waals surface area contributed by atoms with Gasteiger partial charge in [-0.3, -0.25) is 10.2 Å². The van der Waals surface area contributed by atoms with Gasteiger partial charge in [-0.15, -0.1) is 0 Å². The van der Waals surface area contributed by atoms with Crippen molar-refractivity contribution < 1.29 is 9.32 Å². The normalized spacial score (nSPS) is 10.5. The van der Waals surface area contributed by atoms with E-state index in [0.717, 1.165) is 0 Å². The molecule has 2 N–H and O–H groups in total. The van der Waals surface area contributed by atoms with Gasteiger partial charge in [0, 0.05) is 11.1 Å². The molecule has 1 heterocycles. The van der Waals surface area contributed by atoms with Gasteiger partial charge in [0.2, 0.25) is 0 Å². The highest BCUT2D eigenvalue weighted by Crippen LogP contribution is 2.36. The maximum absolute atomic E-state index is 12.7. The van der Waals surface area contributed by atoms with Crippen LogP contribution in [0, 0.1) is 12.3 Å². The van der Waals surface area contributed by atoms with Gasteiger partial charge in [0.05, 0.1) is 10.0 Å². The predicted octanol–water partition coefficient (Wildman–Crippen LogP) is 4.71. The fourth-order valence-corrected chi connectivity index (χ4v) is 2.96. The highest BCUT2D eigenvalue weighted by Gasteiger charge is 2.25. The number of nitrogens with one attached hydrogen (secondary N) is 2. The quantitative estimate of drug-likeness (QED) is 0.515. The van der Waals surface area contributed by atoms with Crippen LogP contribution in [0.4, 0.5) is 0 Å².